The molecule has 7 nitrogen and oxygen atoms in total. The fourth-order valence-electron chi connectivity index (χ4n) is 1.90. The van der Waals surface area contributed by atoms with Crippen LogP contribution in [0, 0.1) is 21.8 Å². The Morgan fingerprint density at radius 2 is 2.10 bits per heavy atom. The molecule has 1 atom stereocenters. The average Bonchev–Trinajstić information content (AvgIpc) is 2.38. The number of aliphatic hydroxyl groups is 1. The number of carbonyl (C=O) groups is 1. The van der Waals surface area contributed by atoms with E-state index in [-0.39, 0.29) is 24.3 Å². The maximum absolute atomic E-state index is 13.5. The van der Waals surface area contributed by atoms with Gasteiger partial charge in [-0.15, -0.1) is 0 Å². The molecule has 0 heterocycles. The van der Waals surface area contributed by atoms with Crippen LogP contribution in [0.15, 0.2) is 12.1 Å². The van der Waals surface area contributed by atoms with Gasteiger partial charge in [-0.25, -0.2) is 9.18 Å². The number of hydrogen-bond acceptors (Lipinski definition) is 5. The Labute approximate surface area is 120 Å². The molecule has 21 heavy (non-hydrogen) atoms. The predicted molar refractivity (Wildman–Crippen MR) is 74.0 cm³/mol. The van der Waals surface area contributed by atoms with Crippen LogP contribution in [-0.4, -0.2) is 33.8 Å². The number of hydrogen-bond donors (Lipinski definition) is 3. The molecule has 0 saturated heterocycles. The third-order valence-electron chi connectivity index (χ3n) is 3.10. The molecule has 1 aromatic carbocycles. The van der Waals surface area contributed by atoms with Crippen molar-refractivity contribution < 1.29 is 24.3 Å². The Balaban J connectivity index is 3.27. The normalized spacial score (nSPS) is 12.2. The van der Waals surface area contributed by atoms with Crippen LogP contribution in [0.1, 0.15) is 30.6 Å². The summed E-state index contributed by atoms with van der Waals surface area (Å²) < 4.78 is 13.5. The maximum atomic E-state index is 13.5. The topological polar surface area (TPSA) is 113 Å². The minimum absolute atomic E-state index is 0.0371. The van der Waals surface area contributed by atoms with Gasteiger partial charge in [-0.2, -0.15) is 0 Å². The molecule has 1 aromatic rings. The second-order valence-electron chi connectivity index (χ2n) is 4.92. The van der Waals surface area contributed by atoms with Crippen molar-refractivity contribution in [2.24, 2.45) is 5.92 Å². The van der Waals surface area contributed by atoms with Gasteiger partial charge in [-0.1, -0.05) is 13.8 Å². The minimum atomic E-state index is -1.51. The highest BCUT2D eigenvalue weighted by atomic mass is 19.1. The lowest BCUT2D eigenvalue weighted by molar-refractivity contribution is -0.384. The van der Waals surface area contributed by atoms with Gasteiger partial charge in [-0.05, 0) is 18.4 Å². The molecule has 0 aliphatic rings. The van der Waals surface area contributed by atoms with Crippen LogP contribution in [0.3, 0.4) is 0 Å². The zero-order chi connectivity index (χ0) is 16.2. The Morgan fingerprint density at radius 3 is 2.52 bits per heavy atom. The van der Waals surface area contributed by atoms with E-state index in [2.05, 4.69) is 5.32 Å². The van der Waals surface area contributed by atoms with Crippen molar-refractivity contribution in [2.45, 2.75) is 26.3 Å². The van der Waals surface area contributed by atoms with Gasteiger partial charge in [0.25, 0.3) is 5.69 Å². The summed E-state index contributed by atoms with van der Waals surface area (Å²) in [5.41, 5.74) is -1.26. The molecule has 1 rings (SSSR count). The maximum Gasteiger partial charge on any atom is 0.338 e. The number of halogens is 1. The summed E-state index contributed by atoms with van der Waals surface area (Å²) in [7, 11) is 0. The van der Waals surface area contributed by atoms with Crippen LogP contribution >= 0.6 is 0 Å². The molecule has 0 spiro atoms. The van der Waals surface area contributed by atoms with Crippen LogP contribution in [0.2, 0.25) is 0 Å². The molecule has 116 valence electrons. The van der Waals surface area contributed by atoms with E-state index >= 15 is 0 Å². The molecule has 0 aromatic heterocycles. The van der Waals surface area contributed by atoms with E-state index in [0.29, 0.717) is 12.5 Å². The average molecular weight is 300 g/mol. The standard InChI is InChI=1S/C13H17FN2O5/c1-7(2)10(3-4-17)15-11-5-8(13(18)19)9(14)6-12(11)16(20)21/h5-7,10,15,17H,3-4H2,1-2H3,(H,18,19). The van der Waals surface area contributed by atoms with Gasteiger partial charge < -0.3 is 15.5 Å². The summed E-state index contributed by atoms with van der Waals surface area (Å²) >= 11 is 0. The molecule has 0 bridgehead atoms. The van der Waals surface area contributed by atoms with Gasteiger partial charge in [0.05, 0.1) is 16.6 Å². The zero-order valence-corrected chi connectivity index (χ0v) is 11.7. The highest BCUT2D eigenvalue weighted by molar-refractivity contribution is 5.90. The summed E-state index contributed by atoms with van der Waals surface area (Å²) in [6.45, 7) is 3.57. The van der Waals surface area contributed by atoms with Crippen LogP contribution in [-0.2, 0) is 0 Å². The first-order chi connectivity index (χ1) is 9.77. The van der Waals surface area contributed by atoms with Crippen LogP contribution in [0.25, 0.3) is 0 Å². The van der Waals surface area contributed by atoms with Crippen molar-refractivity contribution in [3.8, 4) is 0 Å². The van der Waals surface area contributed by atoms with Gasteiger partial charge in [-0.3, -0.25) is 10.1 Å². The number of rotatable bonds is 7. The largest absolute Gasteiger partial charge is 0.478 e. The first-order valence-corrected chi connectivity index (χ1v) is 6.36. The lowest BCUT2D eigenvalue weighted by atomic mass is 10.0. The van der Waals surface area contributed by atoms with Crippen LogP contribution < -0.4 is 5.32 Å². The summed E-state index contributed by atoms with van der Waals surface area (Å²) in [6.07, 6.45) is 0.328. The Morgan fingerprint density at radius 1 is 1.48 bits per heavy atom. The number of nitro groups is 1. The van der Waals surface area contributed by atoms with E-state index in [0.717, 1.165) is 6.07 Å². The van der Waals surface area contributed by atoms with Crippen molar-refractivity contribution in [1.29, 1.82) is 0 Å². The van der Waals surface area contributed by atoms with Gasteiger partial charge in [0, 0.05) is 12.6 Å². The number of carboxylic acids is 1. The van der Waals surface area contributed by atoms with Crippen molar-refractivity contribution in [2.75, 3.05) is 11.9 Å². The molecular formula is C13H17FN2O5. The van der Waals surface area contributed by atoms with Crippen molar-refractivity contribution in [1.82, 2.24) is 0 Å². The highest BCUT2D eigenvalue weighted by Gasteiger charge is 2.24. The molecule has 0 saturated carbocycles. The van der Waals surface area contributed by atoms with E-state index in [4.69, 9.17) is 10.2 Å². The number of carboxylic acid groups (broad SMARTS) is 1. The van der Waals surface area contributed by atoms with Crippen molar-refractivity contribution in [3.05, 3.63) is 33.6 Å². The summed E-state index contributed by atoms with van der Waals surface area (Å²) in [5.74, 6) is -2.63. The Kier molecular flexibility index (Phi) is 5.60. The van der Waals surface area contributed by atoms with E-state index in [1.165, 1.54) is 0 Å². The van der Waals surface area contributed by atoms with Crippen molar-refractivity contribution >= 4 is 17.3 Å². The number of anilines is 1. The molecule has 0 fully saturated rings. The van der Waals surface area contributed by atoms with E-state index in [1.807, 2.05) is 13.8 Å². The zero-order valence-electron chi connectivity index (χ0n) is 11.7. The molecular weight excluding hydrogens is 283 g/mol. The van der Waals surface area contributed by atoms with Gasteiger partial charge in [0.1, 0.15) is 11.5 Å². The first-order valence-electron chi connectivity index (χ1n) is 6.36. The smallest absolute Gasteiger partial charge is 0.338 e. The number of nitro benzene ring substituents is 1. The minimum Gasteiger partial charge on any atom is -0.478 e. The van der Waals surface area contributed by atoms with Gasteiger partial charge in [0.15, 0.2) is 0 Å². The second kappa shape index (κ2) is 6.98. The third-order valence-corrected chi connectivity index (χ3v) is 3.10. The number of nitrogens with zero attached hydrogens (tertiary/aromatic N) is 1. The quantitative estimate of drug-likeness (QED) is 0.526. The number of aromatic carboxylic acids is 1. The SMILES string of the molecule is CC(C)C(CCO)Nc1cc(C(=O)O)c(F)cc1[N+](=O)[O-]. The molecule has 3 N–H and O–H groups in total. The fourth-order valence-corrected chi connectivity index (χ4v) is 1.90. The third kappa shape index (κ3) is 4.12. The first kappa shape index (κ1) is 16.8. The molecule has 1 unspecified atom stereocenters. The van der Waals surface area contributed by atoms with Gasteiger partial charge >= 0.3 is 5.97 Å². The van der Waals surface area contributed by atoms with Crippen molar-refractivity contribution in [3.63, 3.8) is 0 Å². The molecule has 0 aliphatic carbocycles. The van der Waals surface area contributed by atoms with E-state index < -0.39 is 28.0 Å². The molecule has 8 heteroatoms. The predicted octanol–water partition coefficient (Wildman–Crippen LogP) is 2.25. The number of benzene rings is 1. The number of aliphatic hydroxyl groups excluding tert-OH is 1. The Bertz CT molecular complexity index is 548. The second-order valence-corrected chi connectivity index (χ2v) is 4.92. The lowest BCUT2D eigenvalue weighted by Gasteiger charge is -2.22. The molecule has 0 aliphatic heterocycles. The summed E-state index contributed by atoms with van der Waals surface area (Å²) in [6, 6.07) is 1.19. The summed E-state index contributed by atoms with van der Waals surface area (Å²) in [5, 5.41) is 31.7. The molecule has 0 radical (unpaired) electrons. The van der Waals surface area contributed by atoms with Crippen LogP contribution in [0.5, 0.6) is 0 Å². The fraction of sp³-hybridized carbons (Fsp3) is 0.462. The molecule has 0 amide bonds. The Hall–Kier alpha value is -2.22. The highest BCUT2D eigenvalue weighted by Crippen LogP contribution is 2.29. The lowest BCUT2D eigenvalue weighted by Crippen LogP contribution is -2.27. The number of nitrogens with one attached hydrogen (secondary N) is 1. The van der Waals surface area contributed by atoms with E-state index in [9.17, 15) is 19.3 Å². The monoisotopic (exact) mass is 300 g/mol. The van der Waals surface area contributed by atoms with Gasteiger partial charge in [0.2, 0.25) is 0 Å². The van der Waals surface area contributed by atoms with E-state index in [1.54, 1.807) is 0 Å². The summed E-state index contributed by atoms with van der Waals surface area (Å²) in [4.78, 5) is 21.1. The van der Waals surface area contributed by atoms with Crippen LogP contribution in [0.4, 0.5) is 15.8 Å².